The maximum Gasteiger partial charge on any atom is 0.132 e. The van der Waals surface area contributed by atoms with Crippen molar-refractivity contribution in [3.8, 4) is 0 Å². The summed E-state index contributed by atoms with van der Waals surface area (Å²) in [4.78, 5) is 10.7. The number of carbonyl (C=O) groups excluding carboxylic acids is 1. The maximum atomic E-state index is 10.7. The zero-order valence-corrected chi connectivity index (χ0v) is 21.4. The third-order valence-electron chi connectivity index (χ3n) is 3.70. The Kier molecular flexibility index (Phi) is 35.0. The number of carbonyl (C=O) groups is 1. The highest BCUT2D eigenvalue weighted by molar-refractivity contribution is 5.75. The molecule has 10 heteroatoms. The number of likely N-dealkylation sites (N-methyl/N-ethyl adjacent to an activating group) is 1. The van der Waals surface area contributed by atoms with E-state index >= 15 is 0 Å². The highest BCUT2D eigenvalue weighted by Crippen LogP contribution is 1.87. The summed E-state index contributed by atoms with van der Waals surface area (Å²) in [5.74, 6) is 0.132. The van der Waals surface area contributed by atoms with Gasteiger partial charge in [0.05, 0.1) is 106 Å². The van der Waals surface area contributed by atoms with E-state index in [2.05, 4.69) is 5.32 Å². The van der Waals surface area contributed by atoms with Crippen molar-refractivity contribution in [2.45, 2.75) is 27.2 Å². The fraction of sp³-hybridized carbons (Fsp3) is 0.957. The van der Waals surface area contributed by atoms with Gasteiger partial charge in [0.15, 0.2) is 0 Å². The number of ether oxygens (including phenoxy) is 8. The number of hydrogen-bond acceptors (Lipinski definition) is 10. The van der Waals surface area contributed by atoms with Gasteiger partial charge in [-0.05, 0) is 14.0 Å². The second kappa shape index (κ2) is 33.5. The topological polar surface area (TPSA) is 103 Å². The molecule has 0 saturated heterocycles. The van der Waals surface area contributed by atoms with Crippen LogP contribution in [0.5, 0.6) is 0 Å². The quantitative estimate of drug-likeness (QED) is 0.172. The zero-order chi connectivity index (χ0) is 24.7. The summed E-state index contributed by atoms with van der Waals surface area (Å²) in [6.07, 6.45) is 0.450. The van der Waals surface area contributed by atoms with Crippen LogP contribution >= 0.6 is 0 Å². The summed E-state index contributed by atoms with van der Waals surface area (Å²) in [5, 5.41) is 3.01. The number of rotatable bonds is 27. The van der Waals surface area contributed by atoms with Crippen LogP contribution < -0.4 is 5.32 Å². The van der Waals surface area contributed by atoms with Gasteiger partial charge in [0.2, 0.25) is 0 Å². The molecule has 200 valence electrons. The second-order valence-corrected chi connectivity index (χ2v) is 6.45. The van der Waals surface area contributed by atoms with Crippen LogP contribution in [0.3, 0.4) is 0 Å². The lowest BCUT2D eigenvalue weighted by molar-refractivity contribution is -0.118. The fourth-order valence-corrected chi connectivity index (χ4v) is 2.03. The van der Waals surface area contributed by atoms with Crippen molar-refractivity contribution >= 4 is 5.78 Å². The first-order chi connectivity index (χ1) is 16.3. The average Bonchev–Trinajstić information content (AvgIpc) is 2.82. The molecule has 33 heavy (non-hydrogen) atoms. The highest BCUT2D eigenvalue weighted by Gasteiger charge is 1.96. The van der Waals surface area contributed by atoms with Crippen LogP contribution in [-0.2, 0) is 42.7 Å². The van der Waals surface area contributed by atoms with Crippen LogP contribution in [0.4, 0.5) is 0 Å². The molecule has 0 heterocycles. The molecule has 0 aromatic rings. The molecular weight excluding hydrogens is 434 g/mol. The summed E-state index contributed by atoms with van der Waals surface area (Å²) >= 11 is 0. The summed E-state index contributed by atoms with van der Waals surface area (Å²) in [6.45, 7) is 15.0. The second-order valence-electron chi connectivity index (χ2n) is 6.45. The minimum atomic E-state index is 0.132. The molecule has 0 aliphatic heterocycles. The van der Waals surface area contributed by atoms with Gasteiger partial charge in [0, 0.05) is 13.0 Å². The fourth-order valence-electron chi connectivity index (χ4n) is 2.03. The number of nitrogens with one attached hydrogen (secondary N) is 1. The van der Waals surface area contributed by atoms with E-state index in [1.165, 1.54) is 0 Å². The first kappa shape index (κ1) is 34.5. The van der Waals surface area contributed by atoms with Gasteiger partial charge in [0.1, 0.15) is 5.78 Å². The Morgan fingerprint density at radius 2 is 0.727 bits per heavy atom. The third kappa shape index (κ3) is 36.1. The highest BCUT2D eigenvalue weighted by atomic mass is 16.6. The molecular formula is C23H49NO9. The molecule has 0 amide bonds. The molecule has 0 fully saturated rings. The Labute approximate surface area is 200 Å². The van der Waals surface area contributed by atoms with Crippen LogP contribution in [0, 0.1) is 0 Å². The number of Topliss-reactive ketones (excluding diaryl/α,β-unsaturated/α-hetero) is 1. The number of ketones is 1. The monoisotopic (exact) mass is 483 g/mol. The predicted octanol–water partition coefficient (Wildman–Crippen LogP) is 1.34. The largest absolute Gasteiger partial charge is 0.379 e. The van der Waals surface area contributed by atoms with E-state index in [-0.39, 0.29) is 5.78 Å². The van der Waals surface area contributed by atoms with Gasteiger partial charge >= 0.3 is 0 Å². The minimum absolute atomic E-state index is 0.132. The van der Waals surface area contributed by atoms with Crippen molar-refractivity contribution in [2.75, 3.05) is 119 Å². The lowest BCUT2D eigenvalue weighted by Gasteiger charge is -2.08. The van der Waals surface area contributed by atoms with Gasteiger partial charge in [-0.1, -0.05) is 13.8 Å². The Bertz CT molecular complexity index is 363. The normalized spacial score (nSPS) is 10.8. The van der Waals surface area contributed by atoms with E-state index in [1.807, 2.05) is 20.9 Å². The molecule has 0 saturated carbocycles. The van der Waals surface area contributed by atoms with Crippen molar-refractivity contribution in [1.82, 2.24) is 5.32 Å². The average molecular weight is 484 g/mol. The molecule has 10 nitrogen and oxygen atoms in total. The summed E-state index contributed by atoms with van der Waals surface area (Å²) < 4.78 is 43.0. The minimum Gasteiger partial charge on any atom is -0.379 e. The zero-order valence-electron chi connectivity index (χ0n) is 21.4. The summed E-state index contributed by atoms with van der Waals surface area (Å²) in [6, 6.07) is 0. The molecule has 0 rings (SSSR count). The molecule has 0 unspecified atom stereocenters. The van der Waals surface area contributed by atoms with Crippen LogP contribution in [0.15, 0.2) is 0 Å². The van der Waals surface area contributed by atoms with Crippen molar-refractivity contribution in [1.29, 1.82) is 0 Å². The molecule has 1 N–H and O–H groups in total. The molecule has 0 aliphatic carbocycles. The van der Waals surface area contributed by atoms with Crippen LogP contribution in [0.1, 0.15) is 27.2 Å². The first-order valence-electron chi connectivity index (χ1n) is 12.0. The molecule has 0 aromatic carbocycles. The van der Waals surface area contributed by atoms with E-state index < -0.39 is 0 Å². The van der Waals surface area contributed by atoms with Gasteiger partial charge in [0.25, 0.3) is 0 Å². The van der Waals surface area contributed by atoms with Crippen molar-refractivity contribution in [3.63, 3.8) is 0 Å². The van der Waals surface area contributed by atoms with Crippen LogP contribution in [-0.4, -0.2) is 125 Å². The Morgan fingerprint density at radius 1 is 0.485 bits per heavy atom. The standard InChI is InChI=1S/C21H43NO9.C2H6/c1-21(23)3-5-24-7-9-26-11-13-28-15-17-30-19-20-31-18-16-29-14-12-27-10-8-25-6-4-22-2;1-2/h22H,3-20H2,1-2H3;1-2H3. The van der Waals surface area contributed by atoms with E-state index in [1.54, 1.807) is 6.92 Å². The molecule has 0 atom stereocenters. The summed E-state index contributed by atoms with van der Waals surface area (Å²) in [7, 11) is 1.89. The molecule has 0 bridgehead atoms. The van der Waals surface area contributed by atoms with Gasteiger partial charge in [-0.15, -0.1) is 0 Å². The number of hydrogen-bond donors (Lipinski definition) is 1. The van der Waals surface area contributed by atoms with Crippen molar-refractivity contribution in [3.05, 3.63) is 0 Å². The van der Waals surface area contributed by atoms with E-state index in [0.717, 1.165) is 6.54 Å². The van der Waals surface area contributed by atoms with Gasteiger partial charge in [-0.3, -0.25) is 4.79 Å². The lowest BCUT2D eigenvalue weighted by atomic mass is 10.3. The van der Waals surface area contributed by atoms with Crippen LogP contribution in [0.2, 0.25) is 0 Å². The molecule has 0 spiro atoms. The van der Waals surface area contributed by atoms with Crippen LogP contribution in [0.25, 0.3) is 0 Å². The molecule has 0 aliphatic rings. The first-order valence-corrected chi connectivity index (χ1v) is 12.0. The van der Waals surface area contributed by atoms with Crippen molar-refractivity contribution in [2.24, 2.45) is 0 Å². The van der Waals surface area contributed by atoms with E-state index in [9.17, 15) is 4.79 Å². The molecule has 0 radical (unpaired) electrons. The maximum absolute atomic E-state index is 10.7. The SMILES string of the molecule is CC.CNCCOCCOCCOCCOCCOCCOCCOCCOCCC(C)=O. The van der Waals surface area contributed by atoms with Gasteiger partial charge < -0.3 is 43.2 Å². The Balaban J connectivity index is 0. The van der Waals surface area contributed by atoms with Gasteiger partial charge in [-0.2, -0.15) is 0 Å². The van der Waals surface area contributed by atoms with E-state index in [0.29, 0.717) is 112 Å². The summed E-state index contributed by atoms with van der Waals surface area (Å²) in [5.41, 5.74) is 0. The smallest absolute Gasteiger partial charge is 0.132 e. The molecule has 0 aromatic heterocycles. The van der Waals surface area contributed by atoms with Crippen molar-refractivity contribution < 1.29 is 42.7 Å². The predicted molar refractivity (Wildman–Crippen MR) is 127 cm³/mol. The lowest BCUT2D eigenvalue weighted by Crippen LogP contribution is -2.17. The third-order valence-corrected chi connectivity index (χ3v) is 3.70. The van der Waals surface area contributed by atoms with E-state index in [4.69, 9.17) is 37.9 Å². The Hall–Kier alpha value is -0.690. The Morgan fingerprint density at radius 3 is 0.970 bits per heavy atom. The van der Waals surface area contributed by atoms with Gasteiger partial charge in [-0.25, -0.2) is 0 Å².